The molecule has 2 aromatic heterocycles. The summed E-state index contributed by atoms with van der Waals surface area (Å²) in [6.45, 7) is 6.13. The van der Waals surface area contributed by atoms with E-state index in [9.17, 15) is 14.7 Å². The minimum atomic E-state index is -1.09. The first-order valence-electron chi connectivity index (χ1n) is 10.6. The molecule has 0 bridgehead atoms. The number of anilines is 1. The topological polar surface area (TPSA) is 120 Å². The Balaban J connectivity index is 1.59. The molecule has 4 rings (SSSR count). The highest BCUT2D eigenvalue weighted by Crippen LogP contribution is 2.27. The third-order valence-corrected chi connectivity index (χ3v) is 5.15. The average molecular weight is 435 g/mol. The fourth-order valence-corrected chi connectivity index (χ4v) is 3.36. The zero-order valence-electron chi connectivity index (χ0n) is 18.3. The van der Waals surface area contributed by atoms with E-state index in [1.54, 1.807) is 12.4 Å². The predicted octanol–water partition coefficient (Wildman–Crippen LogP) is 3.86. The first-order valence-corrected chi connectivity index (χ1v) is 10.6. The molecule has 9 heteroatoms. The number of nitrogens with one attached hydrogen (secondary N) is 2. The van der Waals surface area contributed by atoms with Gasteiger partial charge in [-0.05, 0) is 60.6 Å². The number of amides is 2. The summed E-state index contributed by atoms with van der Waals surface area (Å²) in [4.78, 5) is 36.8. The number of carbonyl (C=O) groups excluding carboxylic acids is 1. The Bertz CT molecular complexity index is 1180. The summed E-state index contributed by atoms with van der Waals surface area (Å²) in [5.41, 5.74) is 6.63. The van der Waals surface area contributed by atoms with Gasteiger partial charge in [0, 0.05) is 30.4 Å². The van der Waals surface area contributed by atoms with Crippen molar-refractivity contribution < 1.29 is 14.7 Å². The van der Waals surface area contributed by atoms with Crippen molar-refractivity contribution in [1.29, 1.82) is 0 Å². The molecule has 1 saturated carbocycles. The highest BCUT2D eigenvalue weighted by Gasteiger charge is 2.24. The first kappa shape index (κ1) is 21.5. The highest BCUT2D eigenvalue weighted by atomic mass is 16.4. The minimum absolute atomic E-state index is 0.154. The molecule has 9 nitrogen and oxygen atoms in total. The van der Waals surface area contributed by atoms with E-state index < -0.39 is 6.09 Å². The van der Waals surface area contributed by atoms with Crippen molar-refractivity contribution in [1.82, 2.24) is 25.3 Å². The van der Waals surface area contributed by atoms with E-state index >= 15 is 0 Å². The van der Waals surface area contributed by atoms with Crippen LogP contribution in [0.4, 0.5) is 10.7 Å². The second-order valence-electron chi connectivity index (χ2n) is 8.50. The van der Waals surface area contributed by atoms with Gasteiger partial charge in [0.15, 0.2) is 0 Å². The maximum atomic E-state index is 12.4. The minimum Gasteiger partial charge on any atom is -0.464 e. The van der Waals surface area contributed by atoms with Crippen LogP contribution in [0.15, 0.2) is 36.7 Å². The van der Waals surface area contributed by atoms with E-state index in [0.29, 0.717) is 17.8 Å². The van der Waals surface area contributed by atoms with Crippen LogP contribution in [0.25, 0.3) is 22.0 Å². The SMILES string of the molecule is Cc1cnc(C(=O)NC2CC2)cc1-c1ccc2nc(NN(CC(C)C)C(=O)O)ncc2c1. The Kier molecular flexibility index (Phi) is 5.89. The fraction of sp³-hybridized carbons (Fsp3) is 0.348. The summed E-state index contributed by atoms with van der Waals surface area (Å²) in [5, 5.41) is 14.2. The summed E-state index contributed by atoms with van der Waals surface area (Å²) in [6.07, 6.45) is 4.31. The van der Waals surface area contributed by atoms with Crippen molar-refractivity contribution in [3.8, 4) is 11.1 Å². The van der Waals surface area contributed by atoms with Gasteiger partial charge in [-0.15, -0.1) is 0 Å². The van der Waals surface area contributed by atoms with Crippen LogP contribution >= 0.6 is 0 Å². The summed E-state index contributed by atoms with van der Waals surface area (Å²) in [6, 6.07) is 7.81. The van der Waals surface area contributed by atoms with E-state index in [1.165, 1.54) is 0 Å². The standard InChI is InChI=1S/C23H26N6O3/c1-13(2)12-29(23(31)32)28-22-25-11-16-8-15(4-7-19(16)27-22)18-9-20(24-10-14(18)3)21(30)26-17-5-6-17/h4,7-11,13,17H,5-6,12H2,1-3H3,(H,26,30)(H,31,32)(H,25,27,28). The number of hydrogen-bond acceptors (Lipinski definition) is 6. The molecule has 1 aliphatic carbocycles. The number of carboxylic acid groups (broad SMARTS) is 1. The van der Waals surface area contributed by atoms with Crippen LogP contribution in [0.1, 0.15) is 42.7 Å². The third kappa shape index (κ3) is 4.93. The third-order valence-electron chi connectivity index (χ3n) is 5.15. The quantitative estimate of drug-likeness (QED) is 0.483. The van der Waals surface area contributed by atoms with Crippen LogP contribution in [0, 0.1) is 12.8 Å². The molecule has 166 valence electrons. The Morgan fingerprint density at radius 1 is 1.19 bits per heavy atom. The van der Waals surface area contributed by atoms with Gasteiger partial charge < -0.3 is 10.4 Å². The highest BCUT2D eigenvalue weighted by molar-refractivity contribution is 5.94. The van der Waals surface area contributed by atoms with Crippen LogP contribution in [-0.2, 0) is 0 Å². The molecule has 32 heavy (non-hydrogen) atoms. The number of hydrogen-bond donors (Lipinski definition) is 3. The van der Waals surface area contributed by atoms with E-state index in [-0.39, 0.29) is 23.8 Å². The van der Waals surface area contributed by atoms with Crippen molar-refractivity contribution in [3.05, 3.63) is 47.9 Å². The molecule has 3 N–H and O–H groups in total. The van der Waals surface area contributed by atoms with Gasteiger partial charge in [0.25, 0.3) is 5.91 Å². The summed E-state index contributed by atoms with van der Waals surface area (Å²) in [7, 11) is 0. The predicted molar refractivity (Wildman–Crippen MR) is 121 cm³/mol. The van der Waals surface area contributed by atoms with Crippen LogP contribution in [0.3, 0.4) is 0 Å². The van der Waals surface area contributed by atoms with Crippen LogP contribution in [0.5, 0.6) is 0 Å². The van der Waals surface area contributed by atoms with Gasteiger partial charge in [-0.1, -0.05) is 19.9 Å². The maximum absolute atomic E-state index is 12.4. The van der Waals surface area contributed by atoms with Gasteiger partial charge >= 0.3 is 6.09 Å². The largest absolute Gasteiger partial charge is 0.464 e. The normalized spacial score (nSPS) is 13.2. The number of fused-ring (bicyclic) bond motifs is 1. The molecule has 1 fully saturated rings. The molecule has 1 aliphatic rings. The number of nitrogens with zero attached hydrogens (tertiary/aromatic N) is 4. The second kappa shape index (κ2) is 8.78. The lowest BCUT2D eigenvalue weighted by molar-refractivity contribution is 0.0946. The Morgan fingerprint density at radius 2 is 1.97 bits per heavy atom. The monoisotopic (exact) mass is 434 g/mol. The van der Waals surface area contributed by atoms with Crippen molar-refractivity contribution in [2.24, 2.45) is 5.92 Å². The molecule has 2 amide bonds. The summed E-state index contributed by atoms with van der Waals surface area (Å²) >= 11 is 0. The molecule has 0 spiro atoms. The van der Waals surface area contributed by atoms with Crippen LogP contribution in [0.2, 0.25) is 0 Å². The summed E-state index contributed by atoms with van der Waals surface area (Å²) < 4.78 is 0. The zero-order valence-corrected chi connectivity index (χ0v) is 18.3. The smallest absolute Gasteiger partial charge is 0.426 e. The molecule has 0 saturated heterocycles. The molecule has 0 radical (unpaired) electrons. The lowest BCUT2D eigenvalue weighted by Gasteiger charge is -2.21. The molecular formula is C23H26N6O3. The van der Waals surface area contributed by atoms with Crippen LogP contribution < -0.4 is 10.7 Å². The Labute approximate surface area is 185 Å². The molecule has 2 heterocycles. The van der Waals surface area contributed by atoms with Crippen molar-refractivity contribution >= 4 is 28.9 Å². The first-order chi connectivity index (χ1) is 15.3. The van der Waals surface area contributed by atoms with Gasteiger partial charge in [0.1, 0.15) is 5.69 Å². The molecule has 1 aromatic carbocycles. The lowest BCUT2D eigenvalue weighted by atomic mass is 10.00. The molecule has 0 aliphatic heterocycles. The number of aromatic nitrogens is 3. The Hall–Kier alpha value is -3.75. The maximum Gasteiger partial charge on any atom is 0.426 e. The van der Waals surface area contributed by atoms with Crippen molar-refractivity contribution in [2.75, 3.05) is 12.0 Å². The van der Waals surface area contributed by atoms with E-state index in [1.807, 2.05) is 45.0 Å². The van der Waals surface area contributed by atoms with Gasteiger partial charge in [0.05, 0.1) is 5.52 Å². The number of carbonyl (C=O) groups is 2. The molecule has 0 unspecified atom stereocenters. The van der Waals surface area contributed by atoms with Crippen molar-refractivity contribution in [2.45, 2.75) is 39.7 Å². The second-order valence-corrected chi connectivity index (χ2v) is 8.50. The number of pyridine rings is 1. The number of benzene rings is 1. The van der Waals surface area contributed by atoms with E-state index in [4.69, 9.17) is 0 Å². The van der Waals surface area contributed by atoms with E-state index in [2.05, 4.69) is 25.7 Å². The number of aryl methyl sites for hydroxylation is 1. The fourth-order valence-electron chi connectivity index (χ4n) is 3.36. The molecule has 0 atom stereocenters. The van der Waals surface area contributed by atoms with Gasteiger partial charge in [-0.2, -0.15) is 0 Å². The number of hydrazine groups is 1. The zero-order chi connectivity index (χ0) is 22.8. The van der Waals surface area contributed by atoms with E-state index in [0.717, 1.165) is 39.9 Å². The summed E-state index contributed by atoms with van der Waals surface area (Å²) in [5.74, 6) is 0.215. The van der Waals surface area contributed by atoms with Gasteiger partial charge in [0.2, 0.25) is 5.95 Å². The number of rotatable bonds is 7. The van der Waals surface area contributed by atoms with Crippen molar-refractivity contribution in [3.63, 3.8) is 0 Å². The average Bonchev–Trinajstić information content (AvgIpc) is 3.57. The Morgan fingerprint density at radius 3 is 2.66 bits per heavy atom. The molecule has 3 aromatic rings. The van der Waals surface area contributed by atoms with Crippen LogP contribution in [-0.4, -0.2) is 49.7 Å². The lowest BCUT2D eigenvalue weighted by Crippen LogP contribution is -2.38. The van der Waals surface area contributed by atoms with Gasteiger partial charge in [-0.25, -0.2) is 19.8 Å². The van der Waals surface area contributed by atoms with Gasteiger partial charge in [-0.3, -0.25) is 15.2 Å². The molecular weight excluding hydrogens is 408 g/mol.